The first-order valence-corrected chi connectivity index (χ1v) is 9.59. The molecule has 3 aromatic heterocycles. The van der Waals surface area contributed by atoms with E-state index < -0.39 is 0 Å². The highest BCUT2D eigenvalue weighted by Gasteiger charge is 2.18. The molecule has 8 heteroatoms. The van der Waals surface area contributed by atoms with Gasteiger partial charge < -0.3 is 10.3 Å². The fourth-order valence-corrected chi connectivity index (χ4v) is 4.96. The SMILES string of the molecule is Cc1cc(C)cc(NC(=O)c2sc(=S)n3c2[nH]c(=O)c2sccc23)c1. The van der Waals surface area contributed by atoms with E-state index in [1.165, 1.54) is 22.7 Å². The molecule has 25 heavy (non-hydrogen) atoms. The summed E-state index contributed by atoms with van der Waals surface area (Å²) in [5.74, 6) is -0.283. The molecule has 126 valence electrons. The number of anilines is 1. The number of thiazole rings is 1. The molecule has 2 N–H and O–H groups in total. The molecule has 3 heterocycles. The summed E-state index contributed by atoms with van der Waals surface area (Å²) in [7, 11) is 0. The van der Waals surface area contributed by atoms with Gasteiger partial charge in [-0.05, 0) is 60.8 Å². The van der Waals surface area contributed by atoms with E-state index >= 15 is 0 Å². The van der Waals surface area contributed by atoms with Crippen molar-refractivity contribution >= 4 is 62.3 Å². The molecule has 1 aromatic carbocycles. The molecule has 5 nitrogen and oxygen atoms in total. The van der Waals surface area contributed by atoms with Crippen molar-refractivity contribution in [3.05, 3.63) is 60.0 Å². The van der Waals surface area contributed by atoms with E-state index in [0.717, 1.165) is 22.3 Å². The van der Waals surface area contributed by atoms with Gasteiger partial charge in [-0.25, -0.2) is 0 Å². The van der Waals surface area contributed by atoms with Crippen molar-refractivity contribution in [1.29, 1.82) is 0 Å². The maximum atomic E-state index is 12.8. The van der Waals surface area contributed by atoms with Gasteiger partial charge in [0.2, 0.25) is 0 Å². The minimum Gasteiger partial charge on any atom is -0.321 e. The zero-order valence-corrected chi connectivity index (χ0v) is 15.8. The molecule has 0 saturated carbocycles. The zero-order valence-electron chi connectivity index (χ0n) is 13.4. The Kier molecular flexibility index (Phi) is 3.82. The van der Waals surface area contributed by atoms with Gasteiger partial charge in [-0.1, -0.05) is 17.4 Å². The number of aryl methyl sites for hydroxylation is 2. The number of carbonyl (C=O) groups excluding carboxylic acids is 1. The van der Waals surface area contributed by atoms with Crippen LogP contribution in [0.1, 0.15) is 20.8 Å². The minimum atomic E-state index is -0.283. The topological polar surface area (TPSA) is 66.4 Å². The minimum absolute atomic E-state index is 0.210. The monoisotopic (exact) mass is 387 g/mol. The Morgan fingerprint density at radius 3 is 2.68 bits per heavy atom. The average molecular weight is 388 g/mol. The number of benzene rings is 1. The summed E-state index contributed by atoms with van der Waals surface area (Å²) in [6.07, 6.45) is 0. The average Bonchev–Trinajstić information content (AvgIpc) is 3.11. The summed E-state index contributed by atoms with van der Waals surface area (Å²) in [6.45, 7) is 3.95. The van der Waals surface area contributed by atoms with Gasteiger partial charge in [0.1, 0.15) is 15.2 Å². The summed E-state index contributed by atoms with van der Waals surface area (Å²) in [4.78, 5) is 28.2. The van der Waals surface area contributed by atoms with Crippen molar-refractivity contribution in [2.75, 3.05) is 5.32 Å². The Bertz CT molecular complexity index is 1240. The van der Waals surface area contributed by atoms with Crippen LogP contribution >= 0.6 is 34.9 Å². The van der Waals surface area contributed by atoms with Crippen molar-refractivity contribution in [2.45, 2.75) is 13.8 Å². The molecule has 0 aliphatic rings. The number of H-pyrrole nitrogens is 1. The summed E-state index contributed by atoms with van der Waals surface area (Å²) in [5, 5.41) is 4.74. The standard InChI is InChI=1S/C17H13N3O2S3/c1-8-5-9(2)7-10(6-8)18-16(22)13-14-19-15(21)12-11(3-4-24-12)20(14)17(23)25-13/h3-7H,1-2H3,(H,18,22)(H,19,21). The number of nitrogens with zero attached hydrogens (tertiary/aromatic N) is 1. The van der Waals surface area contributed by atoms with Crippen LogP contribution in [0.2, 0.25) is 0 Å². The van der Waals surface area contributed by atoms with Gasteiger partial charge in [0, 0.05) is 5.69 Å². The normalized spacial score (nSPS) is 11.3. The van der Waals surface area contributed by atoms with E-state index in [2.05, 4.69) is 10.3 Å². The quantitative estimate of drug-likeness (QED) is 0.498. The van der Waals surface area contributed by atoms with Gasteiger partial charge in [-0.15, -0.1) is 11.3 Å². The molecule has 4 aromatic rings. The summed E-state index contributed by atoms with van der Waals surface area (Å²) in [6, 6.07) is 7.69. The lowest BCUT2D eigenvalue weighted by molar-refractivity contribution is 0.103. The lowest BCUT2D eigenvalue weighted by atomic mass is 10.1. The smallest absolute Gasteiger partial charge is 0.269 e. The number of amides is 1. The van der Waals surface area contributed by atoms with Gasteiger partial charge >= 0.3 is 0 Å². The molecule has 4 rings (SSSR count). The van der Waals surface area contributed by atoms with E-state index in [4.69, 9.17) is 12.2 Å². The van der Waals surface area contributed by atoms with Crippen LogP contribution < -0.4 is 10.9 Å². The number of aromatic nitrogens is 2. The van der Waals surface area contributed by atoms with Crippen LogP contribution in [0.3, 0.4) is 0 Å². The first kappa shape index (κ1) is 16.2. The Balaban J connectivity index is 1.86. The third-order valence-electron chi connectivity index (χ3n) is 3.82. The maximum absolute atomic E-state index is 12.8. The van der Waals surface area contributed by atoms with Crippen LogP contribution in [0.15, 0.2) is 34.4 Å². The lowest BCUT2D eigenvalue weighted by Gasteiger charge is -2.07. The van der Waals surface area contributed by atoms with E-state index in [1.807, 2.05) is 43.5 Å². The lowest BCUT2D eigenvalue weighted by Crippen LogP contribution is -2.14. The molecule has 0 aliphatic carbocycles. The van der Waals surface area contributed by atoms with Gasteiger partial charge in [0.05, 0.1) is 5.52 Å². The Labute approximate surface area is 155 Å². The predicted molar refractivity (Wildman–Crippen MR) is 106 cm³/mol. The Hall–Kier alpha value is -2.29. The Morgan fingerprint density at radius 1 is 1.24 bits per heavy atom. The maximum Gasteiger partial charge on any atom is 0.269 e. The van der Waals surface area contributed by atoms with Crippen LogP contribution in [0.5, 0.6) is 0 Å². The number of aromatic amines is 1. The predicted octanol–water partition coefficient (Wildman–Crippen LogP) is 4.50. The van der Waals surface area contributed by atoms with Crippen molar-refractivity contribution < 1.29 is 4.79 Å². The number of carbonyl (C=O) groups is 1. The molecular formula is C17H13N3O2S3. The number of nitrogens with one attached hydrogen (secondary N) is 2. The highest BCUT2D eigenvalue weighted by atomic mass is 32.1. The van der Waals surface area contributed by atoms with Crippen LogP contribution in [0.25, 0.3) is 15.9 Å². The van der Waals surface area contributed by atoms with Gasteiger partial charge in [0.15, 0.2) is 3.95 Å². The Morgan fingerprint density at radius 2 is 1.96 bits per heavy atom. The number of thiophene rings is 1. The largest absolute Gasteiger partial charge is 0.321 e. The summed E-state index contributed by atoms with van der Waals surface area (Å²) in [5.41, 5.74) is 3.82. The number of hydrogen-bond donors (Lipinski definition) is 2. The molecule has 0 aliphatic heterocycles. The molecule has 0 unspecified atom stereocenters. The fourth-order valence-electron chi connectivity index (χ4n) is 2.91. The number of fused-ring (bicyclic) bond motifs is 3. The zero-order chi connectivity index (χ0) is 17.7. The van der Waals surface area contributed by atoms with E-state index in [1.54, 1.807) is 4.40 Å². The fraction of sp³-hybridized carbons (Fsp3) is 0.118. The number of hydrogen-bond acceptors (Lipinski definition) is 5. The summed E-state index contributed by atoms with van der Waals surface area (Å²) >= 11 is 7.97. The van der Waals surface area contributed by atoms with E-state index in [0.29, 0.717) is 19.2 Å². The highest BCUT2D eigenvalue weighted by Crippen LogP contribution is 2.26. The number of rotatable bonds is 2. The second kappa shape index (κ2) is 5.91. The molecule has 0 saturated heterocycles. The second-order valence-corrected chi connectivity index (χ2v) is 8.36. The first-order chi connectivity index (χ1) is 11.9. The molecule has 0 radical (unpaired) electrons. The third kappa shape index (κ3) is 2.72. The molecule has 0 bridgehead atoms. The molecule has 0 atom stereocenters. The van der Waals surface area contributed by atoms with Crippen LogP contribution in [-0.2, 0) is 0 Å². The third-order valence-corrected chi connectivity index (χ3v) is 6.09. The first-order valence-electron chi connectivity index (χ1n) is 7.49. The van der Waals surface area contributed by atoms with E-state index in [9.17, 15) is 9.59 Å². The highest BCUT2D eigenvalue weighted by molar-refractivity contribution is 7.73. The van der Waals surface area contributed by atoms with Crippen LogP contribution in [0.4, 0.5) is 5.69 Å². The van der Waals surface area contributed by atoms with Gasteiger partial charge in [0.25, 0.3) is 11.5 Å². The van der Waals surface area contributed by atoms with Crippen molar-refractivity contribution in [2.24, 2.45) is 0 Å². The van der Waals surface area contributed by atoms with E-state index in [-0.39, 0.29) is 11.5 Å². The van der Waals surface area contributed by atoms with Crippen LogP contribution in [-0.4, -0.2) is 15.3 Å². The molecule has 0 spiro atoms. The molecular weight excluding hydrogens is 374 g/mol. The van der Waals surface area contributed by atoms with Crippen LogP contribution in [0, 0.1) is 17.8 Å². The van der Waals surface area contributed by atoms with Gasteiger partial charge in [-0.3, -0.25) is 14.0 Å². The van der Waals surface area contributed by atoms with Crippen molar-refractivity contribution in [3.63, 3.8) is 0 Å². The van der Waals surface area contributed by atoms with Gasteiger partial charge in [-0.2, -0.15) is 0 Å². The summed E-state index contributed by atoms with van der Waals surface area (Å²) < 4.78 is 2.88. The molecule has 0 fully saturated rings. The molecule has 1 amide bonds. The second-order valence-electron chi connectivity index (χ2n) is 5.80. The van der Waals surface area contributed by atoms with Crippen molar-refractivity contribution in [1.82, 2.24) is 9.38 Å². The van der Waals surface area contributed by atoms with Crippen molar-refractivity contribution in [3.8, 4) is 0 Å².